The topological polar surface area (TPSA) is 47.6 Å². The molecule has 2 aromatic carbocycles. The highest BCUT2D eigenvalue weighted by Gasteiger charge is 2.33. The van der Waals surface area contributed by atoms with Crippen molar-refractivity contribution in [3.63, 3.8) is 0 Å². The van der Waals surface area contributed by atoms with Crippen molar-refractivity contribution >= 4 is 11.4 Å². The second kappa shape index (κ2) is 5.09. The third kappa shape index (κ3) is 2.43. The van der Waals surface area contributed by atoms with Gasteiger partial charge in [-0.15, -0.1) is 0 Å². The van der Waals surface area contributed by atoms with Gasteiger partial charge in [0.1, 0.15) is 17.4 Å². The number of ether oxygens (including phenoxy) is 1. The van der Waals surface area contributed by atoms with Gasteiger partial charge < -0.3 is 10.5 Å². The second-order valence-corrected chi connectivity index (χ2v) is 5.47. The van der Waals surface area contributed by atoms with E-state index in [0.29, 0.717) is 23.4 Å². The quantitative estimate of drug-likeness (QED) is 0.855. The van der Waals surface area contributed by atoms with Crippen molar-refractivity contribution in [3.8, 4) is 5.75 Å². The van der Waals surface area contributed by atoms with Crippen LogP contribution in [0.4, 0.5) is 14.5 Å². The number of hydrogen-bond acceptors (Lipinski definition) is 3. The number of fused-ring (bicyclic) bond motifs is 1. The minimum Gasteiger partial charge on any atom is -0.466 e. The van der Waals surface area contributed by atoms with Crippen molar-refractivity contribution in [2.45, 2.75) is 26.0 Å². The number of anilines is 1. The van der Waals surface area contributed by atoms with Gasteiger partial charge in [0, 0.05) is 23.7 Å². The van der Waals surface area contributed by atoms with Gasteiger partial charge in [0.25, 0.3) is 0 Å². The summed E-state index contributed by atoms with van der Waals surface area (Å²) in [5, 5.41) is 0. The van der Waals surface area contributed by atoms with Crippen LogP contribution in [0.1, 0.15) is 31.4 Å². The lowest BCUT2D eigenvalue weighted by molar-refractivity contribution is 0.0897. The Bertz CT molecular complexity index is 756. The fraction of sp³-hybridized carbons (Fsp3) is 0.235. The molecule has 1 heterocycles. The third-order valence-electron chi connectivity index (χ3n) is 3.76. The fourth-order valence-electron chi connectivity index (χ4n) is 2.43. The van der Waals surface area contributed by atoms with Crippen molar-refractivity contribution in [2.24, 2.45) is 4.99 Å². The molecule has 22 heavy (non-hydrogen) atoms. The molecule has 1 aliphatic rings. The van der Waals surface area contributed by atoms with Crippen molar-refractivity contribution in [3.05, 3.63) is 59.2 Å². The maximum atomic E-state index is 14.4. The predicted molar refractivity (Wildman–Crippen MR) is 82.2 cm³/mol. The highest BCUT2D eigenvalue weighted by molar-refractivity contribution is 6.15. The summed E-state index contributed by atoms with van der Waals surface area (Å²) in [5.74, 6) is -0.500. The highest BCUT2D eigenvalue weighted by atomic mass is 19.1. The molecule has 0 radical (unpaired) electrons. The number of nitrogens with zero attached hydrogens (tertiary/aromatic N) is 1. The monoisotopic (exact) mass is 302 g/mol. The SMILES string of the molecule is CCC1(C)N=C(c2ccc(F)cc2)c2c(F)cc(N)cc2O1. The first-order chi connectivity index (χ1) is 10.4. The van der Waals surface area contributed by atoms with Crippen LogP contribution in [0.15, 0.2) is 41.4 Å². The largest absolute Gasteiger partial charge is 0.466 e. The first kappa shape index (κ1) is 14.5. The number of rotatable bonds is 2. The fourth-order valence-corrected chi connectivity index (χ4v) is 2.43. The molecule has 0 bridgehead atoms. The van der Waals surface area contributed by atoms with Gasteiger partial charge in [-0.25, -0.2) is 13.8 Å². The molecular weight excluding hydrogens is 286 g/mol. The van der Waals surface area contributed by atoms with E-state index in [9.17, 15) is 8.78 Å². The van der Waals surface area contributed by atoms with E-state index in [0.717, 1.165) is 0 Å². The summed E-state index contributed by atoms with van der Waals surface area (Å²) >= 11 is 0. The van der Waals surface area contributed by atoms with Crippen LogP contribution in [-0.2, 0) is 0 Å². The van der Waals surface area contributed by atoms with Gasteiger partial charge in [-0.3, -0.25) is 0 Å². The van der Waals surface area contributed by atoms with Crippen LogP contribution in [0.3, 0.4) is 0 Å². The first-order valence-electron chi connectivity index (χ1n) is 7.06. The first-order valence-corrected chi connectivity index (χ1v) is 7.06. The van der Waals surface area contributed by atoms with E-state index < -0.39 is 11.5 Å². The molecule has 0 spiro atoms. The van der Waals surface area contributed by atoms with Crippen LogP contribution in [0.5, 0.6) is 5.75 Å². The zero-order valence-corrected chi connectivity index (χ0v) is 12.4. The van der Waals surface area contributed by atoms with Gasteiger partial charge in [0.15, 0.2) is 5.72 Å². The molecule has 2 N–H and O–H groups in total. The molecule has 1 aliphatic heterocycles. The summed E-state index contributed by atoms with van der Waals surface area (Å²) in [4.78, 5) is 4.56. The number of nitrogen functional groups attached to an aromatic ring is 1. The summed E-state index contributed by atoms with van der Waals surface area (Å²) in [6.45, 7) is 3.75. The molecule has 0 saturated carbocycles. The summed E-state index contributed by atoms with van der Waals surface area (Å²) in [5.41, 5.74) is 6.52. The summed E-state index contributed by atoms with van der Waals surface area (Å²) in [6.07, 6.45) is 0.605. The van der Waals surface area contributed by atoms with Crippen molar-refractivity contribution in [1.29, 1.82) is 0 Å². The number of halogens is 2. The van der Waals surface area contributed by atoms with Gasteiger partial charge in [-0.05, 0) is 37.3 Å². The molecule has 0 fully saturated rings. The Kier molecular flexibility index (Phi) is 3.35. The average Bonchev–Trinajstić information content (AvgIpc) is 2.46. The van der Waals surface area contributed by atoms with E-state index in [1.807, 2.05) is 13.8 Å². The molecule has 3 rings (SSSR count). The Morgan fingerprint density at radius 3 is 2.50 bits per heavy atom. The lowest BCUT2D eigenvalue weighted by Gasteiger charge is -2.32. The van der Waals surface area contributed by atoms with E-state index in [-0.39, 0.29) is 17.1 Å². The zero-order chi connectivity index (χ0) is 15.9. The van der Waals surface area contributed by atoms with E-state index in [2.05, 4.69) is 4.99 Å². The van der Waals surface area contributed by atoms with Crippen LogP contribution in [0.2, 0.25) is 0 Å². The Balaban J connectivity index is 2.24. The molecule has 1 unspecified atom stereocenters. The summed E-state index contributed by atoms with van der Waals surface area (Å²) in [6, 6.07) is 8.63. The molecular formula is C17H16F2N2O. The van der Waals surface area contributed by atoms with E-state index >= 15 is 0 Å². The van der Waals surface area contributed by atoms with Crippen molar-refractivity contribution < 1.29 is 13.5 Å². The third-order valence-corrected chi connectivity index (χ3v) is 3.76. The zero-order valence-electron chi connectivity index (χ0n) is 12.4. The minimum atomic E-state index is -0.809. The standard InChI is InChI=1S/C17H16F2N2O/c1-3-17(2)21-16(10-4-6-11(18)7-5-10)15-13(19)8-12(20)9-14(15)22-17/h4-9H,3,20H2,1-2H3. The maximum absolute atomic E-state index is 14.4. The van der Waals surface area contributed by atoms with Gasteiger partial charge in [-0.1, -0.05) is 6.92 Å². The van der Waals surface area contributed by atoms with Crippen LogP contribution in [0, 0.1) is 11.6 Å². The number of nitrogens with two attached hydrogens (primary N) is 1. The molecule has 3 nitrogen and oxygen atoms in total. The molecule has 0 aliphatic carbocycles. The van der Waals surface area contributed by atoms with Crippen LogP contribution in [0.25, 0.3) is 0 Å². The van der Waals surface area contributed by atoms with Crippen LogP contribution < -0.4 is 10.5 Å². The lowest BCUT2D eigenvalue weighted by Crippen LogP contribution is -2.35. The molecule has 0 amide bonds. The predicted octanol–water partition coefficient (Wildman–Crippen LogP) is 3.90. The number of aliphatic imine (C=N–C) groups is 1. The van der Waals surface area contributed by atoms with Gasteiger partial charge in [0.2, 0.25) is 0 Å². The maximum Gasteiger partial charge on any atom is 0.197 e. The molecule has 114 valence electrons. The molecule has 1 atom stereocenters. The lowest BCUT2D eigenvalue weighted by atomic mass is 9.97. The number of benzene rings is 2. The molecule has 0 saturated heterocycles. The Morgan fingerprint density at radius 2 is 1.86 bits per heavy atom. The van der Waals surface area contributed by atoms with Crippen molar-refractivity contribution in [1.82, 2.24) is 0 Å². The summed E-state index contributed by atoms with van der Waals surface area (Å²) < 4.78 is 33.4. The minimum absolute atomic E-state index is 0.256. The van der Waals surface area contributed by atoms with Gasteiger partial charge in [-0.2, -0.15) is 0 Å². The second-order valence-electron chi connectivity index (χ2n) is 5.47. The molecule has 0 aromatic heterocycles. The molecule has 2 aromatic rings. The van der Waals surface area contributed by atoms with Gasteiger partial charge in [0.05, 0.1) is 11.3 Å². The van der Waals surface area contributed by atoms with Gasteiger partial charge >= 0.3 is 0 Å². The van der Waals surface area contributed by atoms with Crippen LogP contribution >= 0.6 is 0 Å². The Labute approximate surface area is 127 Å². The summed E-state index contributed by atoms with van der Waals surface area (Å²) in [7, 11) is 0. The van der Waals surface area contributed by atoms with E-state index in [1.54, 1.807) is 18.2 Å². The number of hydrogen-bond donors (Lipinski definition) is 1. The highest BCUT2D eigenvalue weighted by Crippen LogP contribution is 2.37. The smallest absolute Gasteiger partial charge is 0.197 e. The average molecular weight is 302 g/mol. The van der Waals surface area contributed by atoms with Crippen molar-refractivity contribution in [2.75, 3.05) is 5.73 Å². The van der Waals surface area contributed by atoms with E-state index in [1.165, 1.54) is 18.2 Å². The normalized spacial score (nSPS) is 20.1. The Morgan fingerprint density at radius 1 is 1.18 bits per heavy atom. The molecule has 5 heteroatoms. The Hall–Kier alpha value is -2.43. The van der Waals surface area contributed by atoms with Crippen LogP contribution in [-0.4, -0.2) is 11.4 Å². The van der Waals surface area contributed by atoms with E-state index in [4.69, 9.17) is 10.5 Å².